The first kappa shape index (κ1) is 11.1. The van der Waals surface area contributed by atoms with Crippen molar-refractivity contribution in [2.24, 2.45) is 0 Å². The molecule has 5 nitrogen and oxygen atoms in total. The second kappa shape index (κ2) is 5.72. The standard InChI is InChI=1S/C9H16N2O3/c1-10-4-2-5-11-8(12)3-6-14-7-9(11)13/h10H,2-7H2,1H3. The summed E-state index contributed by atoms with van der Waals surface area (Å²) in [5.41, 5.74) is 0. The molecule has 0 aliphatic carbocycles. The molecule has 1 N–H and O–H groups in total. The Balaban J connectivity index is 2.44. The summed E-state index contributed by atoms with van der Waals surface area (Å²) in [4.78, 5) is 24.1. The van der Waals surface area contributed by atoms with E-state index in [0.29, 0.717) is 19.6 Å². The molecule has 0 spiro atoms. The normalized spacial score (nSPS) is 18.5. The van der Waals surface area contributed by atoms with Crippen molar-refractivity contribution in [1.82, 2.24) is 10.2 Å². The van der Waals surface area contributed by atoms with E-state index in [2.05, 4.69) is 5.32 Å². The lowest BCUT2D eigenvalue weighted by molar-refractivity contribution is -0.144. The Labute approximate surface area is 83.4 Å². The summed E-state index contributed by atoms with van der Waals surface area (Å²) in [6, 6.07) is 0. The largest absolute Gasteiger partial charge is 0.371 e. The second-order valence-corrected chi connectivity index (χ2v) is 3.20. The molecule has 0 atom stereocenters. The molecule has 2 amide bonds. The van der Waals surface area contributed by atoms with E-state index in [1.165, 1.54) is 4.90 Å². The molecule has 0 aromatic rings. The van der Waals surface area contributed by atoms with Gasteiger partial charge in [-0.25, -0.2) is 0 Å². The summed E-state index contributed by atoms with van der Waals surface area (Å²) in [5, 5.41) is 2.97. The lowest BCUT2D eigenvalue weighted by atomic mass is 10.3. The molecule has 1 rings (SSSR count). The van der Waals surface area contributed by atoms with Crippen molar-refractivity contribution in [2.75, 3.05) is 33.4 Å². The molecule has 1 heterocycles. The van der Waals surface area contributed by atoms with E-state index < -0.39 is 0 Å². The van der Waals surface area contributed by atoms with Crippen molar-refractivity contribution in [3.05, 3.63) is 0 Å². The topological polar surface area (TPSA) is 58.6 Å². The zero-order valence-electron chi connectivity index (χ0n) is 8.41. The van der Waals surface area contributed by atoms with Gasteiger partial charge in [0.1, 0.15) is 6.61 Å². The number of imide groups is 1. The molecular weight excluding hydrogens is 184 g/mol. The molecule has 14 heavy (non-hydrogen) atoms. The van der Waals surface area contributed by atoms with Crippen molar-refractivity contribution >= 4 is 11.8 Å². The van der Waals surface area contributed by atoms with Crippen LogP contribution < -0.4 is 5.32 Å². The number of hydrogen-bond donors (Lipinski definition) is 1. The van der Waals surface area contributed by atoms with Crippen LogP contribution in [0.3, 0.4) is 0 Å². The van der Waals surface area contributed by atoms with Crippen molar-refractivity contribution in [2.45, 2.75) is 12.8 Å². The molecule has 0 bridgehead atoms. The fourth-order valence-corrected chi connectivity index (χ4v) is 1.33. The monoisotopic (exact) mass is 200 g/mol. The maximum absolute atomic E-state index is 11.4. The predicted molar refractivity (Wildman–Crippen MR) is 50.7 cm³/mol. The van der Waals surface area contributed by atoms with Gasteiger partial charge in [0.05, 0.1) is 13.0 Å². The van der Waals surface area contributed by atoms with E-state index in [9.17, 15) is 9.59 Å². The van der Waals surface area contributed by atoms with Gasteiger partial charge in [-0.3, -0.25) is 14.5 Å². The van der Waals surface area contributed by atoms with Crippen LogP contribution in [-0.4, -0.2) is 50.1 Å². The van der Waals surface area contributed by atoms with Crippen LogP contribution in [0.1, 0.15) is 12.8 Å². The smallest absolute Gasteiger partial charge is 0.255 e. The van der Waals surface area contributed by atoms with Crippen molar-refractivity contribution in [3.63, 3.8) is 0 Å². The summed E-state index contributed by atoms with van der Waals surface area (Å²) < 4.78 is 4.99. The van der Waals surface area contributed by atoms with E-state index in [4.69, 9.17) is 4.74 Å². The van der Waals surface area contributed by atoms with Gasteiger partial charge in [-0.15, -0.1) is 0 Å². The van der Waals surface area contributed by atoms with E-state index in [0.717, 1.165) is 13.0 Å². The molecule has 0 saturated carbocycles. The fourth-order valence-electron chi connectivity index (χ4n) is 1.33. The van der Waals surface area contributed by atoms with Crippen LogP contribution in [0.5, 0.6) is 0 Å². The minimum atomic E-state index is -0.219. The van der Waals surface area contributed by atoms with Crippen LogP contribution >= 0.6 is 0 Å². The Bertz CT molecular complexity index is 200. The van der Waals surface area contributed by atoms with Gasteiger partial charge in [-0.2, -0.15) is 0 Å². The highest BCUT2D eigenvalue weighted by Gasteiger charge is 2.23. The highest BCUT2D eigenvalue weighted by molar-refractivity contribution is 5.96. The third-order valence-electron chi connectivity index (χ3n) is 2.10. The average Bonchev–Trinajstić information content (AvgIpc) is 2.32. The van der Waals surface area contributed by atoms with Gasteiger partial charge in [0, 0.05) is 6.54 Å². The first-order chi connectivity index (χ1) is 6.75. The second-order valence-electron chi connectivity index (χ2n) is 3.20. The average molecular weight is 200 g/mol. The molecule has 0 aromatic heterocycles. The summed E-state index contributed by atoms with van der Waals surface area (Å²) in [7, 11) is 1.84. The molecule has 1 fully saturated rings. The Morgan fingerprint density at radius 3 is 2.93 bits per heavy atom. The molecule has 0 unspecified atom stereocenters. The van der Waals surface area contributed by atoms with Gasteiger partial charge in [0.2, 0.25) is 5.91 Å². The van der Waals surface area contributed by atoms with Crippen LogP contribution in [0, 0.1) is 0 Å². The van der Waals surface area contributed by atoms with E-state index in [1.54, 1.807) is 0 Å². The van der Waals surface area contributed by atoms with Crippen LogP contribution in [-0.2, 0) is 14.3 Å². The molecular formula is C9H16N2O3. The first-order valence-corrected chi connectivity index (χ1v) is 4.81. The number of nitrogens with zero attached hydrogens (tertiary/aromatic N) is 1. The molecule has 1 aliphatic heterocycles. The maximum Gasteiger partial charge on any atom is 0.255 e. The Hall–Kier alpha value is -0.940. The Kier molecular flexibility index (Phi) is 4.55. The number of carbonyl (C=O) groups is 2. The molecule has 0 radical (unpaired) electrons. The molecule has 1 aliphatic rings. The number of hydrogen-bond acceptors (Lipinski definition) is 4. The minimum absolute atomic E-state index is 0.0330. The number of ether oxygens (including phenoxy) is 1. The van der Waals surface area contributed by atoms with E-state index in [-0.39, 0.29) is 18.4 Å². The number of carbonyl (C=O) groups excluding carboxylic acids is 2. The third kappa shape index (κ3) is 3.08. The van der Waals surface area contributed by atoms with E-state index in [1.807, 2.05) is 7.05 Å². The third-order valence-corrected chi connectivity index (χ3v) is 2.10. The van der Waals surface area contributed by atoms with Crippen LogP contribution in [0.15, 0.2) is 0 Å². The predicted octanol–water partition coefficient (Wildman–Crippen LogP) is -0.629. The fraction of sp³-hybridized carbons (Fsp3) is 0.778. The lowest BCUT2D eigenvalue weighted by Crippen LogP contribution is -2.38. The highest BCUT2D eigenvalue weighted by Crippen LogP contribution is 2.03. The van der Waals surface area contributed by atoms with Gasteiger partial charge in [0.25, 0.3) is 5.91 Å². The zero-order valence-corrected chi connectivity index (χ0v) is 8.41. The van der Waals surface area contributed by atoms with Crippen molar-refractivity contribution in [3.8, 4) is 0 Å². The van der Waals surface area contributed by atoms with Crippen LogP contribution in [0.25, 0.3) is 0 Å². The van der Waals surface area contributed by atoms with Gasteiger partial charge in [-0.1, -0.05) is 0 Å². The minimum Gasteiger partial charge on any atom is -0.371 e. The molecule has 5 heteroatoms. The lowest BCUT2D eigenvalue weighted by Gasteiger charge is -2.17. The number of rotatable bonds is 4. The summed E-state index contributed by atoms with van der Waals surface area (Å²) in [6.45, 7) is 1.68. The Morgan fingerprint density at radius 2 is 2.21 bits per heavy atom. The number of nitrogens with one attached hydrogen (secondary N) is 1. The van der Waals surface area contributed by atoms with Crippen LogP contribution in [0.4, 0.5) is 0 Å². The molecule has 80 valence electrons. The summed E-state index contributed by atoms with van der Waals surface area (Å²) in [5.74, 6) is -0.341. The molecule has 0 aromatic carbocycles. The van der Waals surface area contributed by atoms with Gasteiger partial charge >= 0.3 is 0 Å². The van der Waals surface area contributed by atoms with Gasteiger partial charge < -0.3 is 10.1 Å². The van der Waals surface area contributed by atoms with Crippen molar-refractivity contribution in [1.29, 1.82) is 0 Å². The highest BCUT2D eigenvalue weighted by atomic mass is 16.5. The number of amides is 2. The first-order valence-electron chi connectivity index (χ1n) is 4.81. The quantitative estimate of drug-likeness (QED) is 0.485. The SMILES string of the molecule is CNCCCN1C(=O)CCOCC1=O. The van der Waals surface area contributed by atoms with E-state index >= 15 is 0 Å². The zero-order chi connectivity index (χ0) is 10.4. The summed E-state index contributed by atoms with van der Waals surface area (Å²) in [6.07, 6.45) is 1.10. The Morgan fingerprint density at radius 1 is 1.43 bits per heavy atom. The molecule has 1 saturated heterocycles. The van der Waals surface area contributed by atoms with Gasteiger partial charge in [0.15, 0.2) is 0 Å². The van der Waals surface area contributed by atoms with Crippen molar-refractivity contribution < 1.29 is 14.3 Å². The maximum atomic E-state index is 11.4. The summed E-state index contributed by atoms with van der Waals surface area (Å²) >= 11 is 0. The van der Waals surface area contributed by atoms with Crippen LogP contribution in [0.2, 0.25) is 0 Å². The van der Waals surface area contributed by atoms with Gasteiger partial charge in [-0.05, 0) is 20.0 Å².